The Hall–Kier alpha value is -2.63. The monoisotopic (exact) mass is 447 g/mol. The minimum absolute atomic E-state index is 0.440. The van der Waals surface area contributed by atoms with Crippen molar-refractivity contribution in [1.29, 1.82) is 5.26 Å². The molecule has 0 N–H and O–H groups in total. The molecule has 8 heteroatoms. The first-order chi connectivity index (χ1) is 14.4. The molecule has 30 heavy (non-hydrogen) atoms. The Morgan fingerprint density at radius 1 is 1.13 bits per heavy atom. The van der Waals surface area contributed by atoms with Gasteiger partial charge in [0, 0.05) is 15.3 Å². The van der Waals surface area contributed by atoms with Crippen LogP contribution in [0.2, 0.25) is 0 Å². The molecule has 0 spiro atoms. The van der Waals surface area contributed by atoms with Gasteiger partial charge >= 0.3 is 17.8 Å². The molecule has 0 fully saturated rings. The fourth-order valence-corrected chi connectivity index (χ4v) is 4.88. The summed E-state index contributed by atoms with van der Waals surface area (Å²) in [6.07, 6.45) is -1.85. The Labute approximate surface area is 180 Å². The van der Waals surface area contributed by atoms with E-state index in [2.05, 4.69) is 18.0 Å². The van der Waals surface area contributed by atoms with Crippen LogP contribution in [0.5, 0.6) is 0 Å². The molecule has 0 aliphatic rings. The van der Waals surface area contributed by atoms with Gasteiger partial charge in [0.1, 0.15) is 5.01 Å². The van der Waals surface area contributed by atoms with E-state index in [1.54, 1.807) is 24.3 Å². The number of nitriles is 1. The number of thiazole rings is 1. The van der Waals surface area contributed by atoms with Crippen molar-refractivity contribution in [3.05, 3.63) is 75.8 Å². The average molecular weight is 448 g/mol. The number of aromatic nitrogens is 1. The SMILES string of the molecule is CCCCc1nc(-c2ccc(C(F)(F)F)cc2)sc1C([S+]=O)c1ccc(C#N)cc1. The summed E-state index contributed by atoms with van der Waals surface area (Å²) in [5.41, 5.74) is 1.96. The standard InChI is InChI=1S/C22H18F3N2OS2/c1-2-3-4-18-20(19(30-28)15-7-5-14(13-26)6-8-15)29-21(27-18)16-9-11-17(12-10-16)22(23,24)25/h5-12,19H,2-4H2,1H3/q+1. The number of aryl methyl sites for hydroxylation is 1. The second kappa shape index (κ2) is 9.45. The molecule has 0 saturated carbocycles. The highest BCUT2D eigenvalue weighted by atomic mass is 32.1. The second-order valence-corrected chi connectivity index (χ2v) is 8.41. The molecule has 3 rings (SSSR count). The predicted octanol–water partition coefficient (Wildman–Crippen LogP) is 6.56. The third-order valence-corrected chi connectivity index (χ3v) is 6.69. The number of nitrogens with zero attached hydrogens (tertiary/aromatic N) is 2. The summed E-state index contributed by atoms with van der Waals surface area (Å²) in [6, 6.07) is 13.8. The molecule has 1 unspecified atom stereocenters. The van der Waals surface area contributed by atoms with Crippen molar-refractivity contribution >= 4 is 23.0 Å². The van der Waals surface area contributed by atoms with Crippen LogP contribution < -0.4 is 0 Å². The van der Waals surface area contributed by atoms with Crippen molar-refractivity contribution in [2.75, 3.05) is 0 Å². The molecule has 0 amide bonds. The van der Waals surface area contributed by atoms with E-state index in [-0.39, 0.29) is 0 Å². The van der Waals surface area contributed by atoms with Crippen molar-refractivity contribution in [3.63, 3.8) is 0 Å². The van der Waals surface area contributed by atoms with Crippen LogP contribution in [0.1, 0.15) is 52.3 Å². The number of hydrogen-bond acceptors (Lipinski definition) is 4. The minimum Gasteiger partial charge on any atom is -0.241 e. The number of benzene rings is 2. The number of hydrogen-bond donors (Lipinski definition) is 0. The predicted molar refractivity (Wildman–Crippen MR) is 112 cm³/mol. The van der Waals surface area contributed by atoms with E-state index >= 15 is 0 Å². The van der Waals surface area contributed by atoms with Gasteiger partial charge in [-0.2, -0.15) is 18.4 Å². The first kappa shape index (κ1) is 22.1. The van der Waals surface area contributed by atoms with Gasteiger partial charge in [-0.3, -0.25) is 0 Å². The number of rotatable bonds is 7. The third kappa shape index (κ3) is 4.91. The van der Waals surface area contributed by atoms with Crippen molar-refractivity contribution in [1.82, 2.24) is 4.98 Å². The Morgan fingerprint density at radius 2 is 1.80 bits per heavy atom. The van der Waals surface area contributed by atoms with E-state index in [9.17, 15) is 17.4 Å². The quantitative estimate of drug-likeness (QED) is 0.385. The van der Waals surface area contributed by atoms with Crippen LogP contribution in [-0.4, -0.2) is 4.98 Å². The van der Waals surface area contributed by atoms with Gasteiger partial charge in [0.15, 0.2) is 0 Å². The van der Waals surface area contributed by atoms with Gasteiger partial charge in [-0.15, -0.1) is 11.3 Å². The summed E-state index contributed by atoms with van der Waals surface area (Å²) >= 11 is 1.78. The lowest BCUT2D eigenvalue weighted by Crippen LogP contribution is -2.03. The highest BCUT2D eigenvalue weighted by Gasteiger charge is 2.33. The average Bonchev–Trinajstić information content (AvgIpc) is 3.16. The third-order valence-electron chi connectivity index (χ3n) is 4.63. The van der Waals surface area contributed by atoms with Crippen LogP contribution in [0, 0.1) is 11.3 Å². The fraction of sp³-hybridized carbons (Fsp3) is 0.273. The van der Waals surface area contributed by atoms with Crippen molar-refractivity contribution in [2.45, 2.75) is 37.6 Å². The van der Waals surface area contributed by atoms with Crippen LogP contribution in [0.15, 0.2) is 48.5 Å². The maximum absolute atomic E-state index is 12.9. The van der Waals surface area contributed by atoms with Gasteiger partial charge < -0.3 is 0 Å². The summed E-state index contributed by atoms with van der Waals surface area (Å²) in [7, 11) is 0. The molecule has 1 aromatic heterocycles. The Morgan fingerprint density at radius 3 is 2.33 bits per heavy atom. The molecule has 0 aliphatic heterocycles. The normalized spacial score (nSPS) is 12.4. The van der Waals surface area contributed by atoms with Gasteiger partial charge in [0.05, 0.1) is 27.8 Å². The summed E-state index contributed by atoms with van der Waals surface area (Å²) < 4.78 is 50.6. The Kier molecular flexibility index (Phi) is 6.95. The van der Waals surface area contributed by atoms with Crippen LogP contribution in [0.25, 0.3) is 10.6 Å². The smallest absolute Gasteiger partial charge is 0.241 e. The summed E-state index contributed by atoms with van der Waals surface area (Å²) in [5, 5.41) is 9.09. The molecule has 3 nitrogen and oxygen atoms in total. The number of halogens is 3. The zero-order valence-electron chi connectivity index (χ0n) is 16.1. The van der Waals surface area contributed by atoms with Crippen LogP contribution in [0.3, 0.4) is 0 Å². The summed E-state index contributed by atoms with van der Waals surface area (Å²) in [4.78, 5) is 5.48. The summed E-state index contributed by atoms with van der Waals surface area (Å²) in [6.45, 7) is 2.06. The molecule has 0 aliphatic carbocycles. The first-order valence-electron chi connectivity index (χ1n) is 9.33. The maximum atomic E-state index is 12.9. The number of unbranched alkanes of at least 4 members (excludes halogenated alkanes) is 1. The first-order valence-corrected chi connectivity index (χ1v) is 11.0. The van der Waals surface area contributed by atoms with Crippen LogP contribution in [0.4, 0.5) is 13.2 Å². The second-order valence-electron chi connectivity index (χ2n) is 6.72. The highest BCUT2D eigenvalue weighted by Crippen LogP contribution is 2.38. The Balaban J connectivity index is 2.01. The maximum Gasteiger partial charge on any atom is 0.473 e. The van der Waals surface area contributed by atoms with Gasteiger partial charge in [0.2, 0.25) is 0 Å². The van der Waals surface area contributed by atoms with E-state index in [1.165, 1.54) is 23.5 Å². The van der Waals surface area contributed by atoms with E-state index in [0.29, 0.717) is 34.2 Å². The van der Waals surface area contributed by atoms with Crippen molar-refractivity contribution < 1.29 is 17.4 Å². The topological polar surface area (TPSA) is 53.8 Å². The lowest BCUT2D eigenvalue weighted by molar-refractivity contribution is -0.137. The lowest BCUT2D eigenvalue weighted by Gasteiger charge is -2.06. The molecule has 1 atom stereocenters. The van der Waals surface area contributed by atoms with Gasteiger partial charge in [-0.25, -0.2) is 4.98 Å². The molecular weight excluding hydrogens is 429 g/mol. The van der Waals surface area contributed by atoms with E-state index in [0.717, 1.165) is 41.1 Å². The fourth-order valence-electron chi connectivity index (χ4n) is 3.00. The molecule has 0 radical (unpaired) electrons. The molecular formula is C22H18F3N2OS2+. The van der Waals surface area contributed by atoms with E-state index < -0.39 is 17.0 Å². The minimum atomic E-state index is -4.39. The highest BCUT2D eigenvalue weighted by molar-refractivity contribution is 7.66. The zero-order chi connectivity index (χ0) is 21.7. The van der Waals surface area contributed by atoms with Crippen LogP contribution in [-0.2, 0) is 28.5 Å². The van der Waals surface area contributed by atoms with Crippen molar-refractivity contribution in [2.24, 2.45) is 0 Å². The number of alkyl halides is 3. The lowest BCUT2D eigenvalue weighted by atomic mass is 10.1. The zero-order valence-corrected chi connectivity index (χ0v) is 17.7. The summed E-state index contributed by atoms with van der Waals surface area (Å²) in [5.74, 6) is 0. The van der Waals surface area contributed by atoms with Crippen LogP contribution >= 0.6 is 11.3 Å². The van der Waals surface area contributed by atoms with E-state index in [4.69, 9.17) is 5.26 Å². The molecule has 0 bridgehead atoms. The molecule has 3 aromatic rings. The van der Waals surface area contributed by atoms with Gasteiger partial charge in [-0.05, 0) is 37.1 Å². The molecule has 0 saturated heterocycles. The van der Waals surface area contributed by atoms with Gasteiger partial charge in [0.25, 0.3) is 5.25 Å². The molecule has 2 aromatic carbocycles. The molecule has 1 heterocycles. The van der Waals surface area contributed by atoms with Crippen molar-refractivity contribution in [3.8, 4) is 16.6 Å². The Bertz CT molecular complexity index is 1050. The van der Waals surface area contributed by atoms with E-state index in [1.807, 2.05) is 0 Å². The van der Waals surface area contributed by atoms with Gasteiger partial charge in [-0.1, -0.05) is 37.6 Å². The molecule has 154 valence electrons. The largest absolute Gasteiger partial charge is 0.473 e.